The number of benzene rings is 3. The molecule has 3 aromatic carbocycles. The monoisotopic (exact) mass is 524 g/mol. The van der Waals surface area contributed by atoms with E-state index in [2.05, 4.69) is 10.6 Å². The summed E-state index contributed by atoms with van der Waals surface area (Å²) in [6.45, 7) is -0.780. The number of fused-ring (bicyclic) bond motifs is 1. The number of carboxylic acids is 1. The van der Waals surface area contributed by atoms with E-state index in [4.69, 9.17) is 14.6 Å². The van der Waals surface area contributed by atoms with Gasteiger partial charge < -0.3 is 40.5 Å². The van der Waals surface area contributed by atoms with E-state index in [0.29, 0.717) is 16.5 Å². The zero-order valence-electron chi connectivity index (χ0n) is 20.2. The number of aliphatic hydroxyl groups excluding tert-OH is 3. The van der Waals surface area contributed by atoms with Gasteiger partial charge >= 0.3 is 5.97 Å². The summed E-state index contributed by atoms with van der Waals surface area (Å²) in [6, 6.07) is 17.8. The maximum absolute atomic E-state index is 13.3. The van der Waals surface area contributed by atoms with E-state index in [1.807, 2.05) is 6.07 Å². The van der Waals surface area contributed by atoms with Gasteiger partial charge in [0.15, 0.2) is 0 Å². The van der Waals surface area contributed by atoms with Crippen LogP contribution in [0.5, 0.6) is 5.75 Å². The number of carbonyl (C=O) groups excluding carboxylic acids is 2. The molecule has 200 valence electrons. The number of ether oxygens (including phenoxy) is 2. The van der Waals surface area contributed by atoms with Gasteiger partial charge in [-0.1, -0.05) is 42.5 Å². The number of aliphatic carboxylic acids is 1. The van der Waals surface area contributed by atoms with E-state index in [1.165, 1.54) is 0 Å². The first-order valence-corrected chi connectivity index (χ1v) is 11.9. The van der Waals surface area contributed by atoms with Gasteiger partial charge in [-0.15, -0.1) is 0 Å². The zero-order valence-corrected chi connectivity index (χ0v) is 20.2. The summed E-state index contributed by atoms with van der Waals surface area (Å²) >= 11 is 0. The molecule has 5 atom stereocenters. The van der Waals surface area contributed by atoms with E-state index < -0.39 is 55.0 Å². The molecule has 38 heavy (non-hydrogen) atoms. The van der Waals surface area contributed by atoms with Gasteiger partial charge in [-0.2, -0.15) is 0 Å². The fraction of sp³-hybridized carbons (Fsp3) is 0.296. The van der Waals surface area contributed by atoms with Crippen LogP contribution in [0.25, 0.3) is 10.8 Å². The summed E-state index contributed by atoms with van der Waals surface area (Å²) in [6.07, 6.45) is -5.13. The topological polar surface area (TPSA) is 175 Å². The van der Waals surface area contributed by atoms with Gasteiger partial charge in [0.2, 0.25) is 12.2 Å². The predicted octanol–water partition coefficient (Wildman–Crippen LogP) is 0.199. The maximum Gasteiger partial charge on any atom is 0.322 e. The standard InChI is InChI=1S/C27H28N2O9/c30-21-14-37-27(24(34)23(21)33)38-17-9-10-18-16(12-17)7-4-8-19(18)25(35)29-20(26(36)28-13-22(31)32)11-15-5-2-1-3-6-15/h1-10,12,20-21,23-24,27,30,33-34H,11,13-14H2,(H,28,36)(H,29,35)(H,31,32)/t20-,21+,23-,24+,27-/m0/s1. The third-order valence-corrected chi connectivity index (χ3v) is 6.12. The summed E-state index contributed by atoms with van der Waals surface area (Å²) in [5.41, 5.74) is 1.07. The van der Waals surface area contributed by atoms with Crippen molar-refractivity contribution in [2.24, 2.45) is 0 Å². The Morgan fingerprint density at radius 2 is 1.74 bits per heavy atom. The van der Waals surface area contributed by atoms with E-state index in [0.717, 1.165) is 5.56 Å². The van der Waals surface area contributed by atoms with Crippen LogP contribution in [0.2, 0.25) is 0 Å². The number of amides is 2. The van der Waals surface area contributed by atoms with Crippen LogP contribution in [-0.4, -0.2) is 82.0 Å². The molecule has 0 aromatic heterocycles. The summed E-state index contributed by atoms with van der Waals surface area (Å²) in [5, 5.41) is 44.7. The summed E-state index contributed by atoms with van der Waals surface area (Å²) in [4.78, 5) is 36.9. The minimum absolute atomic E-state index is 0.158. The van der Waals surface area contributed by atoms with Crippen molar-refractivity contribution < 1.29 is 44.3 Å². The molecular weight excluding hydrogens is 496 g/mol. The SMILES string of the molecule is O=C(O)CNC(=O)[C@H](Cc1ccccc1)NC(=O)c1cccc2cc(O[C@@H]3OC[C@@H](O)[C@H](O)[C@H]3O)ccc12. The van der Waals surface area contributed by atoms with E-state index in [9.17, 15) is 29.7 Å². The molecule has 6 N–H and O–H groups in total. The zero-order chi connectivity index (χ0) is 27.2. The molecule has 0 saturated carbocycles. The number of aliphatic hydroxyl groups is 3. The van der Waals surface area contributed by atoms with Gasteiger partial charge in [0.25, 0.3) is 5.91 Å². The van der Waals surface area contributed by atoms with Gasteiger partial charge in [-0.25, -0.2) is 0 Å². The van der Waals surface area contributed by atoms with Crippen molar-refractivity contribution in [3.63, 3.8) is 0 Å². The first kappa shape index (κ1) is 27.0. The maximum atomic E-state index is 13.3. The fourth-order valence-electron chi connectivity index (χ4n) is 4.13. The fourth-order valence-corrected chi connectivity index (χ4v) is 4.13. The Kier molecular flexibility index (Phi) is 8.54. The molecule has 0 spiro atoms. The number of carbonyl (C=O) groups is 3. The molecular formula is C27H28N2O9. The molecule has 0 bridgehead atoms. The quantitative estimate of drug-likeness (QED) is 0.228. The molecule has 1 aliphatic heterocycles. The average molecular weight is 525 g/mol. The van der Waals surface area contributed by atoms with Gasteiger partial charge in [0, 0.05) is 12.0 Å². The lowest BCUT2D eigenvalue weighted by molar-refractivity contribution is -0.242. The summed E-state index contributed by atoms with van der Waals surface area (Å²) < 4.78 is 10.9. The van der Waals surface area contributed by atoms with Crippen LogP contribution in [0.3, 0.4) is 0 Å². The molecule has 1 aliphatic rings. The van der Waals surface area contributed by atoms with E-state index in [-0.39, 0.29) is 18.6 Å². The summed E-state index contributed by atoms with van der Waals surface area (Å²) in [5.74, 6) is -2.05. The van der Waals surface area contributed by atoms with Crippen molar-refractivity contribution in [3.8, 4) is 5.75 Å². The Balaban J connectivity index is 1.53. The Morgan fingerprint density at radius 1 is 0.974 bits per heavy atom. The third-order valence-electron chi connectivity index (χ3n) is 6.12. The number of nitrogens with one attached hydrogen (secondary N) is 2. The van der Waals surface area contributed by atoms with Crippen molar-refractivity contribution in [1.82, 2.24) is 10.6 Å². The van der Waals surface area contributed by atoms with Crippen molar-refractivity contribution in [2.75, 3.05) is 13.2 Å². The van der Waals surface area contributed by atoms with Crippen molar-refractivity contribution in [1.29, 1.82) is 0 Å². The number of hydrogen-bond acceptors (Lipinski definition) is 8. The lowest BCUT2D eigenvalue weighted by atomic mass is 10.0. The lowest BCUT2D eigenvalue weighted by Crippen LogP contribution is -2.54. The molecule has 2 amide bonds. The Labute approximate surface area is 217 Å². The molecule has 1 saturated heterocycles. The molecule has 1 heterocycles. The van der Waals surface area contributed by atoms with E-state index in [1.54, 1.807) is 60.7 Å². The smallest absolute Gasteiger partial charge is 0.322 e. The number of hydrogen-bond donors (Lipinski definition) is 6. The minimum atomic E-state index is -1.46. The van der Waals surface area contributed by atoms with Crippen LogP contribution < -0.4 is 15.4 Å². The molecule has 0 unspecified atom stereocenters. The molecule has 11 heteroatoms. The Bertz CT molecular complexity index is 1300. The number of rotatable bonds is 9. The van der Waals surface area contributed by atoms with Crippen LogP contribution in [0, 0.1) is 0 Å². The van der Waals surface area contributed by atoms with Gasteiger partial charge in [0.1, 0.15) is 36.6 Å². The highest BCUT2D eigenvalue weighted by atomic mass is 16.7. The molecule has 11 nitrogen and oxygen atoms in total. The van der Waals surface area contributed by atoms with Crippen LogP contribution in [0.15, 0.2) is 66.7 Å². The molecule has 0 aliphatic carbocycles. The molecule has 0 radical (unpaired) electrons. The first-order valence-electron chi connectivity index (χ1n) is 11.9. The van der Waals surface area contributed by atoms with E-state index >= 15 is 0 Å². The highest BCUT2D eigenvalue weighted by Gasteiger charge is 2.39. The highest BCUT2D eigenvalue weighted by Crippen LogP contribution is 2.27. The predicted molar refractivity (Wildman–Crippen MR) is 134 cm³/mol. The van der Waals surface area contributed by atoms with Gasteiger partial charge in [-0.3, -0.25) is 14.4 Å². The normalized spacial score (nSPS) is 21.9. The first-order chi connectivity index (χ1) is 18.2. The number of carboxylic acid groups (broad SMARTS) is 1. The van der Waals surface area contributed by atoms with Crippen LogP contribution in [-0.2, 0) is 20.7 Å². The van der Waals surface area contributed by atoms with Gasteiger partial charge in [0.05, 0.1) is 6.61 Å². The van der Waals surface area contributed by atoms with Crippen molar-refractivity contribution >= 4 is 28.6 Å². The van der Waals surface area contributed by atoms with Crippen LogP contribution in [0.4, 0.5) is 0 Å². The highest BCUT2D eigenvalue weighted by molar-refractivity contribution is 6.08. The average Bonchev–Trinajstić information content (AvgIpc) is 2.91. The minimum Gasteiger partial charge on any atom is -0.480 e. The van der Waals surface area contributed by atoms with Crippen molar-refractivity contribution in [2.45, 2.75) is 37.1 Å². The van der Waals surface area contributed by atoms with Crippen molar-refractivity contribution in [3.05, 3.63) is 77.9 Å². The Morgan fingerprint density at radius 3 is 2.47 bits per heavy atom. The van der Waals surface area contributed by atoms with Crippen LogP contribution >= 0.6 is 0 Å². The second-order valence-electron chi connectivity index (χ2n) is 8.88. The largest absolute Gasteiger partial charge is 0.480 e. The third kappa shape index (κ3) is 6.45. The lowest BCUT2D eigenvalue weighted by Gasteiger charge is -2.34. The molecule has 3 aromatic rings. The Hall–Kier alpha value is -4.03. The second-order valence-corrected chi connectivity index (χ2v) is 8.88. The summed E-state index contributed by atoms with van der Waals surface area (Å²) in [7, 11) is 0. The second kappa shape index (κ2) is 12.0. The van der Waals surface area contributed by atoms with Crippen LogP contribution in [0.1, 0.15) is 15.9 Å². The van der Waals surface area contributed by atoms with Gasteiger partial charge in [-0.05, 0) is 40.6 Å². The molecule has 1 fully saturated rings. The molecule has 4 rings (SSSR count).